The highest BCUT2D eigenvalue weighted by atomic mass is 32.2. The topological polar surface area (TPSA) is 83.9 Å². The number of carboxylic acids is 1. The smallest absolute Gasteiger partial charge is 0.416 e. The number of hydrogen-bond donors (Lipinski definition) is 1. The van der Waals surface area contributed by atoms with Crippen molar-refractivity contribution in [3.05, 3.63) is 59.2 Å². The van der Waals surface area contributed by atoms with E-state index in [2.05, 4.69) is 0 Å². The van der Waals surface area contributed by atoms with Crippen LogP contribution < -0.4 is 9.04 Å². The lowest BCUT2D eigenvalue weighted by molar-refractivity contribution is -0.137. The second kappa shape index (κ2) is 9.62. The lowest BCUT2D eigenvalue weighted by Crippen LogP contribution is -2.42. The van der Waals surface area contributed by atoms with Crippen LogP contribution in [0.3, 0.4) is 0 Å². The van der Waals surface area contributed by atoms with Gasteiger partial charge in [0.05, 0.1) is 22.1 Å². The van der Waals surface area contributed by atoms with Crippen LogP contribution in [0.25, 0.3) is 0 Å². The molecule has 0 amide bonds. The van der Waals surface area contributed by atoms with E-state index >= 15 is 0 Å². The molecule has 0 radical (unpaired) electrons. The number of halogens is 3. The van der Waals surface area contributed by atoms with Crippen molar-refractivity contribution in [2.75, 3.05) is 4.31 Å². The Labute approximate surface area is 191 Å². The molecule has 0 heterocycles. The molecule has 0 unspecified atom stereocenters. The van der Waals surface area contributed by atoms with Crippen molar-refractivity contribution in [1.82, 2.24) is 0 Å². The van der Waals surface area contributed by atoms with Crippen molar-refractivity contribution in [1.29, 1.82) is 0 Å². The molecule has 180 valence electrons. The number of benzene rings is 2. The molecule has 3 rings (SSSR count). The highest BCUT2D eigenvalue weighted by molar-refractivity contribution is 7.93. The third-order valence-electron chi connectivity index (χ3n) is 5.59. The molecule has 6 nitrogen and oxygen atoms in total. The summed E-state index contributed by atoms with van der Waals surface area (Å²) in [5, 5.41) is 8.42. The zero-order valence-electron chi connectivity index (χ0n) is 18.3. The van der Waals surface area contributed by atoms with Crippen molar-refractivity contribution in [3.8, 4) is 5.75 Å². The highest BCUT2D eigenvalue weighted by Gasteiger charge is 2.38. The predicted molar refractivity (Wildman–Crippen MR) is 118 cm³/mol. The maximum absolute atomic E-state index is 13.4. The SMILES string of the molecule is CC(C)N(c1ccc(C(F)(F)F)cc1OCc1ccc(C(=O)O)cc1)S(=O)(=O)C1CCCC1. The fourth-order valence-electron chi connectivity index (χ4n) is 3.95. The summed E-state index contributed by atoms with van der Waals surface area (Å²) >= 11 is 0. The number of nitrogens with zero attached hydrogens (tertiary/aromatic N) is 1. The average Bonchev–Trinajstić information content (AvgIpc) is 3.28. The molecule has 10 heteroatoms. The first kappa shape index (κ1) is 24.9. The number of alkyl halides is 3. The van der Waals surface area contributed by atoms with Crippen LogP contribution in [0.15, 0.2) is 42.5 Å². The summed E-state index contributed by atoms with van der Waals surface area (Å²) in [6.07, 6.45) is -2.03. The van der Waals surface area contributed by atoms with Crippen LogP contribution >= 0.6 is 0 Å². The van der Waals surface area contributed by atoms with E-state index in [-0.39, 0.29) is 23.6 Å². The summed E-state index contributed by atoms with van der Waals surface area (Å²) in [5.74, 6) is -1.31. The number of anilines is 1. The Morgan fingerprint density at radius 3 is 2.24 bits per heavy atom. The maximum atomic E-state index is 13.4. The fourth-order valence-corrected chi connectivity index (χ4v) is 6.21. The van der Waals surface area contributed by atoms with Gasteiger partial charge in [0.25, 0.3) is 0 Å². The molecule has 0 aliphatic heterocycles. The molecule has 2 aromatic carbocycles. The molecule has 2 aromatic rings. The monoisotopic (exact) mass is 485 g/mol. The Hall–Kier alpha value is -2.75. The maximum Gasteiger partial charge on any atom is 0.416 e. The van der Waals surface area contributed by atoms with E-state index in [0.717, 1.165) is 35.3 Å². The van der Waals surface area contributed by atoms with E-state index < -0.39 is 39.0 Å². The van der Waals surface area contributed by atoms with E-state index in [4.69, 9.17) is 9.84 Å². The van der Waals surface area contributed by atoms with Gasteiger partial charge < -0.3 is 9.84 Å². The van der Waals surface area contributed by atoms with Gasteiger partial charge in [-0.2, -0.15) is 13.2 Å². The Morgan fingerprint density at radius 1 is 1.12 bits per heavy atom. The summed E-state index contributed by atoms with van der Waals surface area (Å²) in [6, 6.07) is 7.96. The largest absolute Gasteiger partial charge is 0.487 e. The number of hydrogen-bond acceptors (Lipinski definition) is 4. The van der Waals surface area contributed by atoms with Crippen LogP contribution in [0.1, 0.15) is 61.0 Å². The van der Waals surface area contributed by atoms with Crippen molar-refractivity contribution >= 4 is 21.7 Å². The van der Waals surface area contributed by atoms with Gasteiger partial charge in [0, 0.05) is 6.04 Å². The Balaban J connectivity index is 2.00. The molecule has 0 spiro atoms. The zero-order chi connectivity index (χ0) is 24.4. The minimum absolute atomic E-state index is 0.0482. The standard InChI is InChI=1S/C23H26F3NO5S/c1-15(2)27(33(30,31)19-5-3-4-6-19)20-12-11-18(23(24,25)26)13-21(20)32-14-16-7-9-17(10-8-16)22(28)29/h7-13,15,19H,3-6,14H2,1-2H3,(H,28,29). The highest BCUT2D eigenvalue weighted by Crippen LogP contribution is 2.40. The van der Waals surface area contributed by atoms with Crippen molar-refractivity contribution in [2.24, 2.45) is 0 Å². The normalized spacial score (nSPS) is 15.1. The molecule has 0 saturated heterocycles. The van der Waals surface area contributed by atoms with E-state index in [0.29, 0.717) is 18.4 Å². The average molecular weight is 486 g/mol. The molecule has 1 fully saturated rings. The van der Waals surface area contributed by atoms with Crippen LogP contribution in [0.5, 0.6) is 5.75 Å². The van der Waals surface area contributed by atoms with E-state index in [1.54, 1.807) is 13.8 Å². The second-order valence-corrected chi connectivity index (χ2v) is 10.4. The van der Waals surface area contributed by atoms with Gasteiger partial charge in [0.1, 0.15) is 12.4 Å². The number of sulfonamides is 1. The van der Waals surface area contributed by atoms with Gasteiger partial charge in [-0.25, -0.2) is 13.2 Å². The second-order valence-electron chi connectivity index (χ2n) is 8.31. The molecular formula is C23H26F3NO5S. The van der Waals surface area contributed by atoms with Crippen LogP contribution in [0, 0.1) is 0 Å². The first-order valence-electron chi connectivity index (χ1n) is 10.6. The van der Waals surface area contributed by atoms with Gasteiger partial charge in [-0.1, -0.05) is 25.0 Å². The Bertz CT molecular complexity index is 1090. The Morgan fingerprint density at radius 2 is 1.73 bits per heavy atom. The van der Waals surface area contributed by atoms with Crippen molar-refractivity contribution in [2.45, 2.75) is 63.6 Å². The molecule has 0 aromatic heterocycles. The zero-order valence-corrected chi connectivity index (χ0v) is 19.1. The molecule has 1 saturated carbocycles. The molecule has 0 atom stereocenters. The lowest BCUT2D eigenvalue weighted by Gasteiger charge is -2.32. The van der Waals surface area contributed by atoms with Crippen molar-refractivity contribution in [3.63, 3.8) is 0 Å². The molecule has 1 aliphatic rings. The molecular weight excluding hydrogens is 459 g/mol. The van der Waals surface area contributed by atoms with E-state index in [1.165, 1.54) is 24.3 Å². The van der Waals surface area contributed by atoms with Gasteiger partial charge in [0.2, 0.25) is 10.0 Å². The van der Waals surface area contributed by atoms with Gasteiger partial charge in [-0.3, -0.25) is 4.31 Å². The van der Waals surface area contributed by atoms with Crippen LogP contribution in [-0.4, -0.2) is 30.8 Å². The van der Waals surface area contributed by atoms with Crippen LogP contribution in [0.4, 0.5) is 18.9 Å². The molecule has 0 bridgehead atoms. The third-order valence-corrected chi connectivity index (χ3v) is 8.07. The van der Waals surface area contributed by atoms with E-state index in [9.17, 15) is 26.4 Å². The number of rotatable bonds is 8. The predicted octanol–water partition coefficient (Wildman–Crippen LogP) is 5.47. The van der Waals surface area contributed by atoms with Gasteiger partial charge in [-0.05, 0) is 62.6 Å². The van der Waals surface area contributed by atoms with Crippen LogP contribution in [0.2, 0.25) is 0 Å². The third kappa shape index (κ3) is 5.61. The quantitative estimate of drug-likeness (QED) is 0.536. The first-order valence-corrected chi connectivity index (χ1v) is 12.1. The summed E-state index contributed by atoms with van der Waals surface area (Å²) in [4.78, 5) is 11.0. The van der Waals surface area contributed by atoms with Gasteiger partial charge in [-0.15, -0.1) is 0 Å². The number of aromatic carboxylic acids is 1. The summed E-state index contributed by atoms with van der Waals surface area (Å²) in [7, 11) is -3.82. The molecule has 33 heavy (non-hydrogen) atoms. The number of carboxylic acid groups (broad SMARTS) is 1. The summed E-state index contributed by atoms with van der Waals surface area (Å²) in [6.45, 7) is 3.17. The Kier molecular flexibility index (Phi) is 7.26. The minimum Gasteiger partial charge on any atom is -0.487 e. The first-order chi connectivity index (χ1) is 15.4. The summed E-state index contributed by atoms with van der Waals surface area (Å²) in [5.41, 5.74) is -0.318. The summed E-state index contributed by atoms with van der Waals surface area (Å²) < 4.78 is 73.7. The van der Waals surface area contributed by atoms with E-state index in [1.807, 2.05) is 0 Å². The number of ether oxygens (including phenoxy) is 1. The van der Waals surface area contributed by atoms with Crippen LogP contribution in [-0.2, 0) is 22.8 Å². The number of carbonyl (C=O) groups is 1. The van der Waals surface area contributed by atoms with Crippen molar-refractivity contribution < 1.29 is 36.2 Å². The fraction of sp³-hybridized carbons (Fsp3) is 0.435. The lowest BCUT2D eigenvalue weighted by atomic mass is 10.1. The molecule has 1 N–H and O–H groups in total. The minimum atomic E-state index is -4.63. The van der Waals surface area contributed by atoms with Gasteiger partial charge >= 0.3 is 12.1 Å². The molecule has 1 aliphatic carbocycles. The van der Waals surface area contributed by atoms with Gasteiger partial charge in [0.15, 0.2) is 0 Å².